The van der Waals surface area contributed by atoms with Crippen LogP contribution < -0.4 is 8.27 Å². The van der Waals surface area contributed by atoms with Crippen molar-refractivity contribution >= 4 is 22.9 Å². The van der Waals surface area contributed by atoms with Crippen LogP contribution in [0, 0.1) is 0 Å². The van der Waals surface area contributed by atoms with Crippen molar-refractivity contribution in [1.29, 1.82) is 0 Å². The number of nitrogens with zero attached hydrogens (tertiary/aromatic N) is 1. The van der Waals surface area contributed by atoms with Crippen molar-refractivity contribution < 1.29 is 17.9 Å². The monoisotopic (exact) mass is 332 g/mol. The fraction of sp³-hybridized carbons (Fsp3) is 0.375. The van der Waals surface area contributed by atoms with Gasteiger partial charge in [0, 0.05) is 41.7 Å². The Hall–Kier alpha value is -0.570. The summed E-state index contributed by atoms with van der Waals surface area (Å²) in [6.45, 7) is -0.711. The molecular weight excluding hydrogens is 324 g/mol. The smallest absolute Gasteiger partial charge is 0.422 e. The fourth-order valence-corrected chi connectivity index (χ4v) is 1.27. The van der Waals surface area contributed by atoms with Crippen molar-refractivity contribution in [2.75, 3.05) is 6.61 Å². The molecular formula is C8H8F3IN2O. The molecule has 0 aliphatic heterocycles. The molecule has 1 rings (SSSR count). The van der Waals surface area contributed by atoms with Crippen molar-refractivity contribution in [2.24, 2.45) is 0 Å². The van der Waals surface area contributed by atoms with E-state index in [0.29, 0.717) is 6.54 Å². The molecule has 0 atom stereocenters. The normalized spacial score (nSPS) is 11.5. The minimum atomic E-state index is -4.33. The van der Waals surface area contributed by atoms with Gasteiger partial charge >= 0.3 is 6.18 Å². The maximum absolute atomic E-state index is 11.8. The number of halogens is 4. The Morgan fingerprint density at radius 3 is 2.60 bits per heavy atom. The van der Waals surface area contributed by atoms with Crippen molar-refractivity contribution in [2.45, 2.75) is 12.7 Å². The Labute approximate surface area is 98.5 Å². The van der Waals surface area contributed by atoms with E-state index in [1.165, 1.54) is 12.3 Å². The van der Waals surface area contributed by atoms with Crippen LogP contribution in [-0.2, 0) is 6.54 Å². The zero-order chi connectivity index (χ0) is 11.3. The largest absolute Gasteiger partial charge is 0.468 e. The number of pyridine rings is 1. The quantitative estimate of drug-likeness (QED) is 0.679. The molecule has 84 valence electrons. The molecule has 0 aliphatic carbocycles. The van der Waals surface area contributed by atoms with Crippen LogP contribution in [0.3, 0.4) is 0 Å². The van der Waals surface area contributed by atoms with E-state index in [1.54, 1.807) is 6.07 Å². The molecule has 15 heavy (non-hydrogen) atoms. The highest BCUT2D eigenvalue weighted by atomic mass is 127. The molecule has 0 saturated carbocycles. The highest BCUT2D eigenvalue weighted by Gasteiger charge is 2.28. The first-order valence-electron chi connectivity index (χ1n) is 3.99. The lowest BCUT2D eigenvalue weighted by molar-refractivity contribution is -0.154. The van der Waals surface area contributed by atoms with Crippen molar-refractivity contribution in [3.8, 4) is 5.88 Å². The zero-order valence-electron chi connectivity index (χ0n) is 7.51. The van der Waals surface area contributed by atoms with Gasteiger partial charge in [-0.2, -0.15) is 13.2 Å². The summed E-state index contributed by atoms with van der Waals surface area (Å²) in [6.07, 6.45) is -2.86. The lowest BCUT2D eigenvalue weighted by Crippen LogP contribution is -2.19. The third-order valence-electron chi connectivity index (χ3n) is 1.45. The summed E-state index contributed by atoms with van der Waals surface area (Å²) in [7, 11) is 0. The highest BCUT2D eigenvalue weighted by Crippen LogP contribution is 2.16. The highest BCUT2D eigenvalue weighted by molar-refractivity contribution is 14.1. The summed E-state index contributed by atoms with van der Waals surface area (Å²) in [6, 6.07) is 3.07. The number of rotatable bonds is 4. The fourth-order valence-electron chi connectivity index (χ4n) is 0.834. The summed E-state index contributed by atoms with van der Waals surface area (Å²) in [5, 5.41) is 0. The number of ether oxygens (including phenoxy) is 1. The third kappa shape index (κ3) is 5.17. The Bertz CT molecular complexity index is 302. The van der Waals surface area contributed by atoms with Gasteiger partial charge in [-0.1, -0.05) is 6.07 Å². The number of hydrogen-bond donors (Lipinski definition) is 1. The second kappa shape index (κ2) is 5.50. The molecule has 3 nitrogen and oxygen atoms in total. The molecule has 1 heterocycles. The van der Waals surface area contributed by atoms with Crippen molar-refractivity contribution in [3.05, 3.63) is 23.9 Å². The van der Waals surface area contributed by atoms with E-state index in [0.717, 1.165) is 5.56 Å². The lowest BCUT2D eigenvalue weighted by Gasteiger charge is -2.08. The first kappa shape index (κ1) is 12.5. The molecule has 7 heteroatoms. The molecule has 0 spiro atoms. The Kier molecular flexibility index (Phi) is 4.58. The van der Waals surface area contributed by atoms with Gasteiger partial charge in [-0.05, 0) is 5.56 Å². The molecule has 0 radical (unpaired) electrons. The average Bonchev–Trinajstić information content (AvgIpc) is 2.16. The SMILES string of the molecule is FC(F)(F)COc1ccc(CNI)cn1. The number of aromatic nitrogens is 1. The zero-order valence-corrected chi connectivity index (χ0v) is 9.67. The molecule has 0 bridgehead atoms. The van der Waals surface area contributed by atoms with Crippen LogP contribution in [0.15, 0.2) is 18.3 Å². The van der Waals surface area contributed by atoms with Crippen LogP contribution in [-0.4, -0.2) is 17.8 Å². The molecule has 1 aromatic rings. The number of hydrogen-bond acceptors (Lipinski definition) is 3. The van der Waals surface area contributed by atoms with E-state index in [-0.39, 0.29) is 5.88 Å². The van der Waals surface area contributed by atoms with E-state index in [9.17, 15) is 13.2 Å². The molecule has 0 aromatic carbocycles. The van der Waals surface area contributed by atoms with E-state index >= 15 is 0 Å². The molecule has 0 saturated heterocycles. The van der Waals surface area contributed by atoms with Crippen LogP contribution >= 0.6 is 22.9 Å². The number of nitrogens with one attached hydrogen (secondary N) is 1. The van der Waals surface area contributed by atoms with Crippen LogP contribution in [0.2, 0.25) is 0 Å². The second-order valence-electron chi connectivity index (χ2n) is 2.72. The minimum absolute atomic E-state index is 0.0236. The van der Waals surface area contributed by atoms with Crippen LogP contribution in [0.1, 0.15) is 5.56 Å². The van der Waals surface area contributed by atoms with E-state index < -0.39 is 12.8 Å². The van der Waals surface area contributed by atoms with Crippen LogP contribution in [0.5, 0.6) is 5.88 Å². The van der Waals surface area contributed by atoms with Gasteiger partial charge in [0.2, 0.25) is 5.88 Å². The Morgan fingerprint density at radius 1 is 1.40 bits per heavy atom. The molecule has 1 aromatic heterocycles. The first-order valence-corrected chi connectivity index (χ1v) is 5.07. The van der Waals surface area contributed by atoms with Gasteiger partial charge < -0.3 is 4.74 Å². The molecule has 0 amide bonds. The van der Waals surface area contributed by atoms with Crippen LogP contribution in [0.25, 0.3) is 0 Å². The van der Waals surface area contributed by atoms with Gasteiger partial charge in [0.25, 0.3) is 0 Å². The third-order valence-corrected chi connectivity index (χ3v) is 1.83. The van der Waals surface area contributed by atoms with E-state index in [4.69, 9.17) is 0 Å². The van der Waals surface area contributed by atoms with Crippen molar-refractivity contribution in [1.82, 2.24) is 8.51 Å². The minimum Gasteiger partial charge on any atom is -0.468 e. The van der Waals surface area contributed by atoms with E-state index in [2.05, 4.69) is 13.3 Å². The Balaban J connectivity index is 2.50. The Morgan fingerprint density at radius 2 is 2.13 bits per heavy atom. The molecule has 0 fully saturated rings. The maximum atomic E-state index is 11.8. The van der Waals surface area contributed by atoms with Crippen molar-refractivity contribution in [3.63, 3.8) is 0 Å². The number of alkyl halides is 3. The predicted octanol–water partition coefficient (Wildman–Crippen LogP) is 2.46. The predicted molar refractivity (Wildman–Crippen MR) is 56.6 cm³/mol. The standard InChI is InChI=1S/C8H8F3IN2O/c9-8(10,11)5-15-7-2-1-6(3-13-7)4-14-12/h1-3,14H,4-5H2. The van der Waals surface area contributed by atoms with Gasteiger partial charge in [0.05, 0.1) is 0 Å². The average molecular weight is 332 g/mol. The van der Waals surface area contributed by atoms with Gasteiger partial charge in [0.1, 0.15) is 0 Å². The van der Waals surface area contributed by atoms with Gasteiger partial charge in [-0.25, -0.2) is 4.98 Å². The summed E-state index contributed by atoms with van der Waals surface area (Å²) in [4.78, 5) is 3.73. The van der Waals surface area contributed by atoms with Gasteiger partial charge in [-0.15, -0.1) is 0 Å². The molecule has 0 unspecified atom stereocenters. The van der Waals surface area contributed by atoms with Crippen LogP contribution in [0.4, 0.5) is 13.2 Å². The molecule has 0 aliphatic rings. The lowest BCUT2D eigenvalue weighted by atomic mass is 10.3. The summed E-state index contributed by atoms with van der Waals surface area (Å²) in [5.41, 5.74) is 0.878. The summed E-state index contributed by atoms with van der Waals surface area (Å²) < 4.78 is 42.6. The summed E-state index contributed by atoms with van der Waals surface area (Å²) in [5.74, 6) is -0.0236. The van der Waals surface area contributed by atoms with Gasteiger partial charge in [0.15, 0.2) is 6.61 Å². The van der Waals surface area contributed by atoms with Gasteiger partial charge in [-0.3, -0.25) is 3.53 Å². The second-order valence-corrected chi connectivity index (χ2v) is 3.48. The molecule has 1 N–H and O–H groups in total. The maximum Gasteiger partial charge on any atom is 0.422 e. The topological polar surface area (TPSA) is 34.1 Å². The van der Waals surface area contributed by atoms with E-state index in [1.807, 2.05) is 22.9 Å². The summed E-state index contributed by atoms with van der Waals surface area (Å²) >= 11 is 1.97. The first-order chi connectivity index (χ1) is 7.01.